The van der Waals surface area contributed by atoms with Gasteiger partial charge in [-0.3, -0.25) is 4.90 Å². The second-order valence-corrected chi connectivity index (χ2v) is 4.48. The summed E-state index contributed by atoms with van der Waals surface area (Å²) < 4.78 is 26.6. The zero-order valence-corrected chi connectivity index (χ0v) is 10.2. The van der Waals surface area contributed by atoms with Crippen LogP contribution in [-0.4, -0.2) is 37.8 Å². The van der Waals surface area contributed by atoms with Gasteiger partial charge in [0.25, 0.3) is 0 Å². The molecule has 1 aromatic carbocycles. The standard InChI is InChI=1S/C12H15ClF2N2/c13-12-9(2-1-3-10(12)15)11(8-14)17-6-4-16-5-7-17/h1-3,11,16H,4-8H2/t11-/m1/s1. The molecule has 2 rings (SSSR count). The van der Waals surface area contributed by atoms with E-state index in [1.807, 2.05) is 4.90 Å². The Morgan fingerprint density at radius 3 is 2.71 bits per heavy atom. The van der Waals surface area contributed by atoms with E-state index < -0.39 is 18.5 Å². The molecule has 1 heterocycles. The molecule has 1 aliphatic heterocycles. The largest absolute Gasteiger partial charge is 0.314 e. The molecule has 1 aromatic rings. The molecule has 0 aliphatic carbocycles. The Labute approximate surface area is 105 Å². The molecule has 0 bridgehead atoms. The van der Waals surface area contributed by atoms with Gasteiger partial charge in [0.1, 0.15) is 12.5 Å². The maximum Gasteiger partial charge on any atom is 0.142 e. The van der Waals surface area contributed by atoms with E-state index in [0.717, 1.165) is 26.2 Å². The molecule has 5 heteroatoms. The van der Waals surface area contributed by atoms with Crippen molar-refractivity contribution in [3.8, 4) is 0 Å². The highest BCUT2D eigenvalue weighted by molar-refractivity contribution is 6.31. The minimum Gasteiger partial charge on any atom is -0.314 e. The quantitative estimate of drug-likeness (QED) is 0.898. The number of nitrogens with one attached hydrogen (secondary N) is 1. The number of halogens is 3. The van der Waals surface area contributed by atoms with E-state index in [-0.39, 0.29) is 5.02 Å². The van der Waals surface area contributed by atoms with Crippen LogP contribution in [0.2, 0.25) is 5.02 Å². The smallest absolute Gasteiger partial charge is 0.142 e. The molecule has 1 aliphatic rings. The van der Waals surface area contributed by atoms with Crippen molar-refractivity contribution in [3.05, 3.63) is 34.6 Å². The van der Waals surface area contributed by atoms with Gasteiger partial charge in [0.05, 0.1) is 11.1 Å². The van der Waals surface area contributed by atoms with Crippen LogP contribution < -0.4 is 5.32 Å². The highest BCUT2D eigenvalue weighted by atomic mass is 35.5. The maximum absolute atomic E-state index is 13.4. The molecular weight excluding hydrogens is 246 g/mol. The molecule has 0 aromatic heterocycles. The van der Waals surface area contributed by atoms with Crippen molar-refractivity contribution >= 4 is 11.6 Å². The van der Waals surface area contributed by atoms with Gasteiger partial charge in [-0.2, -0.15) is 0 Å². The first kappa shape index (κ1) is 12.7. The van der Waals surface area contributed by atoms with E-state index in [4.69, 9.17) is 11.6 Å². The summed E-state index contributed by atoms with van der Waals surface area (Å²) in [6.07, 6.45) is 0. The summed E-state index contributed by atoms with van der Waals surface area (Å²) in [6, 6.07) is 4.11. The van der Waals surface area contributed by atoms with E-state index >= 15 is 0 Å². The van der Waals surface area contributed by atoms with Gasteiger partial charge in [-0.05, 0) is 11.6 Å². The van der Waals surface area contributed by atoms with Crippen molar-refractivity contribution in [2.45, 2.75) is 6.04 Å². The van der Waals surface area contributed by atoms with Crippen molar-refractivity contribution < 1.29 is 8.78 Å². The fourth-order valence-corrected chi connectivity index (χ4v) is 2.40. The van der Waals surface area contributed by atoms with Gasteiger partial charge in [-0.15, -0.1) is 0 Å². The van der Waals surface area contributed by atoms with E-state index in [2.05, 4.69) is 5.32 Å². The summed E-state index contributed by atoms with van der Waals surface area (Å²) in [5.41, 5.74) is 0.538. The monoisotopic (exact) mass is 260 g/mol. The van der Waals surface area contributed by atoms with Crippen LogP contribution in [0, 0.1) is 5.82 Å². The number of piperazine rings is 1. The molecule has 0 unspecified atom stereocenters. The Hall–Kier alpha value is -0.710. The van der Waals surface area contributed by atoms with Gasteiger partial charge in [-0.25, -0.2) is 8.78 Å². The lowest BCUT2D eigenvalue weighted by Gasteiger charge is -2.34. The molecule has 0 amide bonds. The van der Waals surface area contributed by atoms with Crippen molar-refractivity contribution in [1.82, 2.24) is 10.2 Å². The molecule has 94 valence electrons. The predicted octanol–water partition coefficient (Wildman–Crippen LogP) is 2.39. The lowest BCUT2D eigenvalue weighted by Crippen LogP contribution is -2.45. The summed E-state index contributed by atoms with van der Waals surface area (Å²) >= 11 is 5.90. The Bertz CT molecular complexity index is 381. The zero-order valence-electron chi connectivity index (χ0n) is 9.43. The maximum atomic E-state index is 13.4. The molecule has 0 spiro atoms. The van der Waals surface area contributed by atoms with Gasteiger partial charge in [0, 0.05) is 26.2 Å². The number of benzene rings is 1. The lowest BCUT2D eigenvalue weighted by atomic mass is 10.1. The van der Waals surface area contributed by atoms with Crippen LogP contribution in [0.5, 0.6) is 0 Å². The molecule has 1 atom stereocenters. The Morgan fingerprint density at radius 2 is 2.06 bits per heavy atom. The molecular formula is C12H15ClF2N2. The highest BCUT2D eigenvalue weighted by Gasteiger charge is 2.24. The predicted molar refractivity (Wildman–Crippen MR) is 64.6 cm³/mol. The zero-order chi connectivity index (χ0) is 12.3. The van der Waals surface area contributed by atoms with Crippen LogP contribution in [0.1, 0.15) is 11.6 Å². The van der Waals surface area contributed by atoms with Gasteiger partial charge in [0.15, 0.2) is 0 Å². The van der Waals surface area contributed by atoms with Crippen LogP contribution in [0.25, 0.3) is 0 Å². The summed E-state index contributed by atoms with van der Waals surface area (Å²) in [7, 11) is 0. The van der Waals surface area contributed by atoms with Crippen LogP contribution in [-0.2, 0) is 0 Å². The third-order valence-electron chi connectivity index (χ3n) is 3.08. The second kappa shape index (κ2) is 5.76. The molecule has 1 fully saturated rings. The van der Waals surface area contributed by atoms with E-state index in [1.54, 1.807) is 12.1 Å². The third-order valence-corrected chi connectivity index (χ3v) is 3.48. The van der Waals surface area contributed by atoms with Crippen molar-refractivity contribution in [2.75, 3.05) is 32.9 Å². The van der Waals surface area contributed by atoms with Gasteiger partial charge in [0.2, 0.25) is 0 Å². The normalized spacial score (nSPS) is 19.2. The van der Waals surface area contributed by atoms with Gasteiger partial charge in [-0.1, -0.05) is 23.7 Å². The van der Waals surface area contributed by atoms with Crippen LogP contribution in [0.3, 0.4) is 0 Å². The molecule has 1 N–H and O–H groups in total. The fraction of sp³-hybridized carbons (Fsp3) is 0.500. The molecule has 2 nitrogen and oxygen atoms in total. The number of alkyl halides is 1. The molecule has 17 heavy (non-hydrogen) atoms. The number of hydrogen-bond acceptors (Lipinski definition) is 2. The molecule has 0 radical (unpaired) electrons. The third kappa shape index (κ3) is 2.76. The second-order valence-electron chi connectivity index (χ2n) is 4.10. The Kier molecular flexibility index (Phi) is 4.31. The minimum atomic E-state index is -0.552. The Morgan fingerprint density at radius 1 is 1.35 bits per heavy atom. The van der Waals surface area contributed by atoms with E-state index in [9.17, 15) is 8.78 Å². The SMILES string of the molecule is FC[C@H](c1cccc(F)c1Cl)N1CCNCC1. The van der Waals surface area contributed by atoms with Crippen molar-refractivity contribution in [1.29, 1.82) is 0 Å². The van der Waals surface area contributed by atoms with E-state index in [0.29, 0.717) is 5.56 Å². The average molecular weight is 261 g/mol. The van der Waals surface area contributed by atoms with E-state index in [1.165, 1.54) is 6.07 Å². The minimum absolute atomic E-state index is 0.0358. The Balaban J connectivity index is 2.24. The summed E-state index contributed by atoms with van der Waals surface area (Å²) in [5.74, 6) is -0.488. The first-order chi connectivity index (χ1) is 8.24. The van der Waals surface area contributed by atoms with Crippen molar-refractivity contribution in [3.63, 3.8) is 0 Å². The average Bonchev–Trinajstić information content (AvgIpc) is 2.37. The first-order valence-electron chi connectivity index (χ1n) is 5.68. The topological polar surface area (TPSA) is 15.3 Å². The first-order valence-corrected chi connectivity index (χ1v) is 6.06. The summed E-state index contributed by atoms with van der Waals surface area (Å²) in [6.45, 7) is 2.60. The summed E-state index contributed by atoms with van der Waals surface area (Å²) in [5, 5.41) is 3.24. The van der Waals surface area contributed by atoms with Gasteiger partial charge < -0.3 is 5.32 Å². The number of rotatable bonds is 3. The summed E-state index contributed by atoms with van der Waals surface area (Å²) in [4.78, 5) is 2.00. The van der Waals surface area contributed by atoms with Gasteiger partial charge >= 0.3 is 0 Å². The van der Waals surface area contributed by atoms with Crippen LogP contribution in [0.15, 0.2) is 18.2 Å². The van der Waals surface area contributed by atoms with Crippen LogP contribution in [0.4, 0.5) is 8.78 Å². The number of nitrogens with zero attached hydrogens (tertiary/aromatic N) is 1. The highest BCUT2D eigenvalue weighted by Crippen LogP contribution is 2.30. The lowest BCUT2D eigenvalue weighted by molar-refractivity contribution is 0.147. The van der Waals surface area contributed by atoms with Crippen molar-refractivity contribution in [2.24, 2.45) is 0 Å². The fourth-order valence-electron chi connectivity index (χ4n) is 2.15. The molecule has 1 saturated heterocycles. The number of hydrogen-bond donors (Lipinski definition) is 1. The van der Waals surface area contributed by atoms with Crippen LogP contribution >= 0.6 is 11.6 Å². The molecule has 0 saturated carbocycles.